The van der Waals surface area contributed by atoms with Gasteiger partial charge in [-0.3, -0.25) is 0 Å². The molecule has 0 bridgehead atoms. The van der Waals surface area contributed by atoms with Crippen molar-refractivity contribution in [1.82, 2.24) is 14.9 Å². The van der Waals surface area contributed by atoms with Crippen molar-refractivity contribution in [3.63, 3.8) is 0 Å². The Morgan fingerprint density at radius 1 is 1.39 bits per heavy atom. The van der Waals surface area contributed by atoms with Gasteiger partial charge in [0.1, 0.15) is 0 Å². The maximum atomic E-state index is 11.9. The molecular formula is C12H27N3O2S. The maximum Gasteiger partial charge on any atom is 0.213 e. The van der Waals surface area contributed by atoms with Crippen LogP contribution in [0.3, 0.4) is 0 Å². The molecule has 1 fully saturated rings. The summed E-state index contributed by atoms with van der Waals surface area (Å²) in [5.41, 5.74) is 0. The van der Waals surface area contributed by atoms with Crippen molar-refractivity contribution in [1.29, 1.82) is 0 Å². The summed E-state index contributed by atoms with van der Waals surface area (Å²) in [6.07, 6.45) is 1.80. The minimum absolute atomic E-state index is 0.0975. The molecule has 0 spiro atoms. The van der Waals surface area contributed by atoms with Gasteiger partial charge in [-0.05, 0) is 33.4 Å². The molecule has 1 heterocycles. The Bertz CT molecular complexity index is 343. The molecule has 108 valence electrons. The van der Waals surface area contributed by atoms with Gasteiger partial charge >= 0.3 is 0 Å². The largest absolute Gasteiger partial charge is 0.313 e. The number of hydrogen-bond acceptors (Lipinski definition) is 4. The highest BCUT2D eigenvalue weighted by Gasteiger charge is 2.25. The quantitative estimate of drug-likeness (QED) is 0.737. The van der Waals surface area contributed by atoms with Gasteiger partial charge in [0.15, 0.2) is 0 Å². The van der Waals surface area contributed by atoms with E-state index in [-0.39, 0.29) is 11.8 Å². The predicted molar refractivity (Wildman–Crippen MR) is 75.2 cm³/mol. The van der Waals surface area contributed by atoms with Crippen LogP contribution < -0.4 is 10.0 Å². The molecule has 1 aliphatic rings. The van der Waals surface area contributed by atoms with Crippen LogP contribution in [0.5, 0.6) is 0 Å². The number of nitrogens with one attached hydrogen (secondary N) is 2. The Morgan fingerprint density at radius 2 is 2.06 bits per heavy atom. The van der Waals surface area contributed by atoms with E-state index in [1.807, 2.05) is 13.8 Å². The van der Waals surface area contributed by atoms with Gasteiger partial charge < -0.3 is 10.2 Å². The highest BCUT2D eigenvalue weighted by molar-refractivity contribution is 7.89. The van der Waals surface area contributed by atoms with Gasteiger partial charge in [-0.1, -0.05) is 13.8 Å². The summed E-state index contributed by atoms with van der Waals surface area (Å²) in [4.78, 5) is 2.27. The van der Waals surface area contributed by atoms with Gasteiger partial charge in [-0.15, -0.1) is 0 Å². The monoisotopic (exact) mass is 277 g/mol. The van der Waals surface area contributed by atoms with E-state index in [4.69, 9.17) is 0 Å². The molecule has 2 atom stereocenters. The molecule has 1 rings (SSSR count). The van der Waals surface area contributed by atoms with Crippen molar-refractivity contribution in [2.24, 2.45) is 0 Å². The zero-order valence-corrected chi connectivity index (χ0v) is 12.8. The second-order valence-corrected chi connectivity index (χ2v) is 7.47. The van der Waals surface area contributed by atoms with Crippen molar-refractivity contribution in [3.8, 4) is 0 Å². The molecule has 0 aromatic rings. The molecule has 0 aromatic heterocycles. The maximum absolute atomic E-state index is 11.9. The van der Waals surface area contributed by atoms with Crippen molar-refractivity contribution in [3.05, 3.63) is 0 Å². The molecule has 1 saturated heterocycles. The first kappa shape index (κ1) is 15.9. The van der Waals surface area contributed by atoms with E-state index in [1.165, 1.54) is 0 Å². The van der Waals surface area contributed by atoms with Crippen LogP contribution >= 0.6 is 0 Å². The van der Waals surface area contributed by atoms with Crippen LogP contribution in [0.25, 0.3) is 0 Å². The number of nitrogens with zero attached hydrogens (tertiary/aromatic N) is 1. The average Bonchev–Trinajstić information content (AvgIpc) is 2.22. The summed E-state index contributed by atoms with van der Waals surface area (Å²) in [5.74, 6) is 0.159. The first-order valence-corrected chi connectivity index (χ1v) is 8.39. The van der Waals surface area contributed by atoms with Crippen LogP contribution in [0, 0.1) is 0 Å². The van der Waals surface area contributed by atoms with Crippen LogP contribution in [0.1, 0.15) is 33.6 Å². The summed E-state index contributed by atoms with van der Waals surface area (Å²) < 4.78 is 26.6. The van der Waals surface area contributed by atoms with Crippen LogP contribution in [0.15, 0.2) is 0 Å². The van der Waals surface area contributed by atoms with Crippen molar-refractivity contribution in [2.75, 3.05) is 25.9 Å². The third-order valence-corrected chi connectivity index (χ3v) is 4.91. The van der Waals surface area contributed by atoms with E-state index in [9.17, 15) is 8.42 Å². The number of rotatable bonds is 6. The lowest BCUT2D eigenvalue weighted by Crippen LogP contribution is -2.48. The molecule has 0 radical (unpaired) electrons. The number of likely N-dealkylation sites (tertiary alicyclic amines) is 1. The van der Waals surface area contributed by atoms with Crippen LogP contribution in [-0.2, 0) is 10.0 Å². The zero-order valence-electron chi connectivity index (χ0n) is 11.9. The van der Waals surface area contributed by atoms with Crippen LogP contribution in [0.2, 0.25) is 0 Å². The normalized spacial score (nSPS) is 26.7. The molecule has 0 aromatic carbocycles. The Hall–Kier alpha value is -0.170. The molecule has 6 heteroatoms. The summed E-state index contributed by atoms with van der Waals surface area (Å²) >= 11 is 0. The fourth-order valence-electron chi connectivity index (χ4n) is 2.19. The van der Waals surface area contributed by atoms with Crippen molar-refractivity contribution in [2.45, 2.75) is 51.7 Å². The van der Waals surface area contributed by atoms with E-state index >= 15 is 0 Å². The van der Waals surface area contributed by atoms with Gasteiger partial charge in [0, 0.05) is 24.7 Å². The van der Waals surface area contributed by atoms with E-state index in [0.717, 1.165) is 19.4 Å². The molecule has 18 heavy (non-hydrogen) atoms. The average molecular weight is 277 g/mol. The Kier molecular flexibility index (Phi) is 6.04. The Balaban J connectivity index is 2.36. The fraction of sp³-hybridized carbons (Fsp3) is 1.00. The first-order chi connectivity index (χ1) is 8.30. The molecule has 5 nitrogen and oxygen atoms in total. The van der Waals surface area contributed by atoms with E-state index in [0.29, 0.717) is 18.6 Å². The molecular weight excluding hydrogens is 250 g/mol. The van der Waals surface area contributed by atoms with Gasteiger partial charge in [-0.25, -0.2) is 13.1 Å². The number of hydrogen-bond donors (Lipinski definition) is 2. The minimum Gasteiger partial charge on any atom is -0.313 e. The van der Waals surface area contributed by atoms with E-state index in [1.54, 1.807) is 0 Å². The highest BCUT2D eigenvalue weighted by Crippen LogP contribution is 2.15. The van der Waals surface area contributed by atoms with Gasteiger partial charge in [0.05, 0.1) is 5.75 Å². The molecule has 2 unspecified atom stereocenters. The van der Waals surface area contributed by atoms with Crippen molar-refractivity contribution < 1.29 is 8.42 Å². The summed E-state index contributed by atoms with van der Waals surface area (Å²) in [5, 5.41) is 3.13. The number of sulfonamides is 1. The lowest BCUT2D eigenvalue weighted by atomic mass is 10.0. The van der Waals surface area contributed by atoms with E-state index in [2.05, 4.69) is 28.9 Å². The lowest BCUT2D eigenvalue weighted by Gasteiger charge is -2.35. The summed E-state index contributed by atoms with van der Waals surface area (Å²) in [7, 11) is -1.06. The molecule has 1 aliphatic heterocycles. The van der Waals surface area contributed by atoms with Gasteiger partial charge in [-0.2, -0.15) is 0 Å². The highest BCUT2D eigenvalue weighted by atomic mass is 32.2. The zero-order chi connectivity index (χ0) is 13.8. The third kappa shape index (κ3) is 5.65. The van der Waals surface area contributed by atoms with Crippen molar-refractivity contribution >= 4 is 10.0 Å². The smallest absolute Gasteiger partial charge is 0.213 e. The summed E-state index contributed by atoms with van der Waals surface area (Å²) in [6, 6.07) is 0.865. The second kappa shape index (κ2) is 6.84. The van der Waals surface area contributed by atoms with E-state index < -0.39 is 10.0 Å². The molecule has 0 amide bonds. The molecule has 0 saturated carbocycles. The lowest BCUT2D eigenvalue weighted by molar-refractivity contribution is 0.178. The minimum atomic E-state index is -3.15. The number of piperidine rings is 1. The predicted octanol–water partition coefficient (Wildman–Crippen LogP) is 0.387. The molecule has 2 N–H and O–H groups in total. The van der Waals surface area contributed by atoms with Crippen LogP contribution in [0.4, 0.5) is 0 Å². The van der Waals surface area contributed by atoms with Gasteiger partial charge in [0.2, 0.25) is 10.0 Å². The van der Waals surface area contributed by atoms with Crippen LogP contribution in [-0.4, -0.2) is 57.3 Å². The first-order valence-electron chi connectivity index (χ1n) is 6.74. The Morgan fingerprint density at radius 3 is 2.61 bits per heavy atom. The molecule has 0 aliphatic carbocycles. The second-order valence-electron chi connectivity index (χ2n) is 5.60. The Labute approximate surface area is 111 Å². The topological polar surface area (TPSA) is 61.4 Å². The van der Waals surface area contributed by atoms with Gasteiger partial charge in [0.25, 0.3) is 0 Å². The SMILES string of the molecule is CC(C)NCCS(=O)(=O)NC1CCN(C)C(C)C1. The third-order valence-electron chi connectivity index (χ3n) is 3.48. The fourth-order valence-corrected chi connectivity index (χ4v) is 3.42. The standard InChI is InChI=1S/C12H27N3O2S/c1-10(2)13-6-8-18(16,17)14-12-5-7-15(4)11(3)9-12/h10-14H,5-9H2,1-4H3. The summed E-state index contributed by atoms with van der Waals surface area (Å²) in [6.45, 7) is 7.63.